The van der Waals surface area contributed by atoms with Crippen molar-refractivity contribution in [1.82, 2.24) is 0 Å². The Labute approximate surface area is 368 Å². The lowest BCUT2D eigenvalue weighted by Crippen LogP contribution is -2.30. The number of carbonyl (C=O) groups excluding carboxylic acids is 3. The molecule has 6 nitrogen and oxygen atoms in total. The van der Waals surface area contributed by atoms with E-state index >= 15 is 0 Å². The molecule has 1 atom stereocenters. The largest absolute Gasteiger partial charge is 0.462 e. The van der Waals surface area contributed by atoms with E-state index in [1.807, 2.05) is 12.2 Å². The highest BCUT2D eigenvalue weighted by Crippen LogP contribution is 2.12. The third-order valence-corrected chi connectivity index (χ3v) is 9.82. The summed E-state index contributed by atoms with van der Waals surface area (Å²) in [5, 5.41) is 0. The van der Waals surface area contributed by atoms with E-state index in [1.54, 1.807) is 0 Å². The van der Waals surface area contributed by atoms with Crippen molar-refractivity contribution in [2.24, 2.45) is 0 Å². The van der Waals surface area contributed by atoms with Gasteiger partial charge >= 0.3 is 17.9 Å². The summed E-state index contributed by atoms with van der Waals surface area (Å²) < 4.78 is 16.6. The predicted molar refractivity (Wildman–Crippen MR) is 256 cm³/mol. The minimum Gasteiger partial charge on any atom is -0.462 e. The molecule has 6 heteroatoms. The lowest BCUT2D eigenvalue weighted by atomic mass is 10.1. The zero-order valence-electron chi connectivity index (χ0n) is 38.7. The van der Waals surface area contributed by atoms with Gasteiger partial charge in [0.05, 0.1) is 0 Å². The second-order valence-electron chi connectivity index (χ2n) is 15.6. The van der Waals surface area contributed by atoms with Crippen LogP contribution in [0, 0.1) is 0 Å². The molecule has 0 bridgehead atoms. The number of hydrogen-bond acceptors (Lipinski definition) is 6. The zero-order valence-corrected chi connectivity index (χ0v) is 38.7. The van der Waals surface area contributed by atoms with Crippen LogP contribution in [0.25, 0.3) is 0 Å². The molecule has 0 rings (SSSR count). The van der Waals surface area contributed by atoms with Gasteiger partial charge in [-0.2, -0.15) is 0 Å². The lowest BCUT2D eigenvalue weighted by molar-refractivity contribution is -0.166. The first-order chi connectivity index (χ1) is 29.5. The Morgan fingerprint density at radius 2 is 0.683 bits per heavy atom. The van der Waals surface area contributed by atoms with E-state index in [0.29, 0.717) is 12.8 Å². The molecule has 0 aromatic heterocycles. The minimum atomic E-state index is -0.820. The molecule has 60 heavy (non-hydrogen) atoms. The van der Waals surface area contributed by atoms with Gasteiger partial charge in [0.2, 0.25) is 0 Å². The monoisotopic (exact) mass is 833 g/mol. The van der Waals surface area contributed by atoms with Crippen molar-refractivity contribution in [2.75, 3.05) is 13.2 Å². The number of ether oxygens (including phenoxy) is 3. The van der Waals surface area contributed by atoms with E-state index in [4.69, 9.17) is 14.2 Å². The van der Waals surface area contributed by atoms with E-state index in [1.165, 1.54) is 44.9 Å². The highest BCUT2D eigenvalue weighted by Gasteiger charge is 2.19. The summed E-state index contributed by atoms with van der Waals surface area (Å²) in [7, 11) is 0. The molecular weight excluding hydrogens is 745 g/mol. The van der Waals surface area contributed by atoms with E-state index in [-0.39, 0.29) is 44.0 Å². The Bertz CT molecular complexity index is 1230. The molecule has 0 spiro atoms. The molecule has 0 aliphatic carbocycles. The maximum Gasteiger partial charge on any atom is 0.306 e. The quantitative estimate of drug-likeness (QED) is 0.0264. The molecule has 0 fully saturated rings. The molecule has 0 saturated heterocycles. The van der Waals surface area contributed by atoms with Gasteiger partial charge in [0.1, 0.15) is 13.2 Å². The number of unbranched alkanes of at least 4 members (excludes halogenated alkanes) is 15. The van der Waals surface area contributed by atoms with Gasteiger partial charge in [0, 0.05) is 19.3 Å². The standard InChI is InChI=1S/C54H88O6/c1-4-7-10-13-16-19-22-25-27-28-30-32-35-38-41-44-47-53(56)59-50-51(49-58-52(55)46-43-40-37-34-31-24-21-18-15-12-9-6-3)60-54(57)48-45-42-39-36-33-29-26-23-20-17-14-11-8-5-2/h7,9-10,12,16,18-19,21,25,27,29-30,32-33,38,41,51H,4-6,8,11,13-15,17,20,22-24,26,28,31,34-37,39-40,42-50H2,1-3H3/b10-7-,12-9-,19-16-,21-18-,27-25-,32-30-,33-29-,41-38-. The normalized spacial score (nSPS) is 12.9. The average Bonchev–Trinajstić information content (AvgIpc) is 3.24. The van der Waals surface area contributed by atoms with Crippen molar-refractivity contribution < 1.29 is 28.6 Å². The molecule has 1 unspecified atom stereocenters. The minimum absolute atomic E-state index is 0.115. The number of allylic oxidation sites excluding steroid dienone is 16. The number of esters is 3. The summed E-state index contributed by atoms with van der Waals surface area (Å²) in [6.07, 6.45) is 62.6. The fourth-order valence-corrected chi connectivity index (χ4v) is 6.23. The van der Waals surface area contributed by atoms with Gasteiger partial charge in [-0.05, 0) is 103 Å². The molecule has 0 saturated carbocycles. The van der Waals surface area contributed by atoms with Gasteiger partial charge in [-0.1, -0.05) is 182 Å². The molecular formula is C54H88O6. The smallest absolute Gasteiger partial charge is 0.306 e. The Morgan fingerprint density at radius 3 is 1.15 bits per heavy atom. The molecule has 0 N–H and O–H groups in total. The first kappa shape index (κ1) is 56.3. The topological polar surface area (TPSA) is 78.9 Å². The maximum atomic E-state index is 12.7. The Kier molecular flexibility index (Phi) is 45.1. The van der Waals surface area contributed by atoms with E-state index in [9.17, 15) is 14.4 Å². The Hall–Kier alpha value is -3.67. The first-order valence-electron chi connectivity index (χ1n) is 24.2. The highest BCUT2D eigenvalue weighted by molar-refractivity contribution is 5.71. The maximum absolute atomic E-state index is 12.7. The molecule has 0 aromatic carbocycles. The van der Waals surface area contributed by atoms with Crippen LogP contribution < -0.4 is 0 Å². The van der Waals surface area contributed by atoms with Crippen molar-refractivity contribution in [3.8, 4) is 0 Å². The molecule has 0 aromatic rings. The lowest BCUT2D eigenvalue weighted by Gasteiger charge is -2.18. The first-order valence-corrected chi connectivity index (χ1v) is 24.2. The van der Waals surface area contributed by atoms with Crippen LogP contribution in [0.5, 0.6) is 0 Å². The van der Waals surface area contributed by atoms with Crippen LogP contribution in [0.1, 0.15) is 207 Å². The van der Waals surface area contributed by atoms with Gasteiger partial charge in [0.25, 0.3) is 0 Å². The average molecular weight is 833 g/mol. The third-order valence-electron chi connectivity index (χ3n) is 9.82. The summed E-state index contributed by atoms with van der Waals surface area (Å²) in [5.74, 6) is -1.04. The van der Waals surface area contributed by atoms with Crippen molar-refractivity contribution in [2.45, 2.75) is 213 Å². The fourth-order valence-electron chi connectivity index (χ4n) is 6.23. The second-order valence-corrected chi connectivity index (χ2v) is 15.6. The van der Waals surface area contributed by atoms with Gasteiger partial charge in [-0.3, -0.25) is 14.4 Å². The SMILES string of the molecule is CC/C=C\C/C=C\C/C=C\C/C=C\C/C=C\CCC(=O)OCC(COC(=O)CCCCCCC/C=C\C/C=C\CC)OC(=O)CCCCC/C=C\CCCCCCCCC. The van der Waals surface area contributed by atoms with E-state index < -0.39 is 6.10 Å². The Balaban J connectivity index is 4.54. The van der Waals surface area contributed by atoms with Crippen molar-refractivity contribution in [3.05, 3.63) is 97.2 Å². The summed E-state index contributed by atoms with van der Waals surface area (Å²) in [6.45, 7) is 6.30. The number of carbonyl (C=O) groups is 3. The number of rotatable bonds is 42. The molecule has 0 aliphatic rings. The van der Waals surface area contributed by atoms with Gasteiger partial charge in [-0.25, -0.2) is 0 Å². The van der Waals surface area contributed by atoms with Crippen molar-refractivity contribution in [3.63, 3.8) is 0 Å². The third kappa shape index (κ3) is 45.4. The van der Waals surface area contributed by atoms with Crippen LogP contribution in [-0.4, -0.2) is 37.2 Å². The van der Waals surface area contributed by atoms with E-state index in [0.717, 1.165) is 116 Å². The fraction of sp³-hybridized carbons (Fsp3) is 0.648. The molecule has 0 heterocycles. The summed E-state index contributed by atoms with van der Waals surface area (Å²) >= 11 is 0. The van der Waals surface area contributed by atoms with Crippen molar-refractivity contribution >= 4 is 17.9 Å². The van der Waals surface area contributed by atoms with Crippen molar-refractivity contribution in [1.29, 1.82) is 0 Å². The van der Waals surface area contributed by atoms with Crippen LogP contribution in [0.2, 0.25) is 0 Å². The number of hydrogen-bond donors (Lipinski definition) is 0. The molecule has 0 aliphatic heterocycles. The molecule has 0 radical (unpaired) electrons. The van der Waals surface area contributed by atoms with Crippen LogP contribution in [0.3, 0.4) is 0 Å². The summed E-state index contributed by atoms with van der Waals surface area (Å²) in [4.78, 5) is 37.8. The van der Waals surface area contributed by atoms with Gasteiger partial charge < -0.3 is 14.2 Å². The van der Waals surface area contributed by atoms with E-state index in [2.05, 4.69) is 106 Å². The van der Waals surface area contributed by atoms with Crippen LogP contribution in [0.4, 0.5) is 0 Å². The second kappa shape index (κ2) is 48.0. The van der Waals surface area contributed by atoms with Crippen LogP contribution >= 0.6 is 0 Å². The van der Waals surface area contributed by atoms with Crippen LogP contribution in [-0.2, 0) is 28.6 Å². The zero-order chi connectivity index (χ0) is 43.7. The summed E-state index contributed by atoms with van der Waals surface area (Å²) in [6, 6.07) is 0. The molecule has 340 valence electrons. The van der Waals surface area contributed by atoms with Gasteiger partial charge in [0.15, 0.2) is 6.10 Å². The molecule has 0 amide bonds. The predicted octanol–water partition coefficient (Wildman–Crippen LogP) is 15.8. The van der Waals surface area contributed by atoms with Crippen LogP contribution in [0.15, 0.2) is 97.2 Å². The summed E-state index contributed by atoms with van der Waals surface area (Å²) in [5.41, 5.74) is 0. The highest BCUT2D eigenvalue weighted by atomic mass is 16.6. The Morgan fingerprint density at radius 1 is 0.350 bits per heavy atom. The van der Waals surface area contributed by atoms with Gasteiger partial charge in [-0.15, -0.1) is 0 Å².